The molecule has 0 spiro atoms. The lowest BCUT2D eigenvalue weighted by Crippen LogP contribution is -2.06. The number of thiophene rings is 1. The highest BCUT2D eigenvalue weighted by Gasteiger charge is 2.15. The minimum atomic E-state index is -0.110. The molecule has 0 aliphatic rings. The van der Waals surface area contributed by atoms with E-state index in [9.17, 15) is 0 Å². The van der Waals surface area contributed by atoms with E-state index in [4.69, 9.17) is 14.4 Å². The summed E-state index contributed by atoms with van der Waals surface area (Å²) in [7, 11) is 0. The summed E-state index contributed by atoms with van der Waals surface area (Å²) in [6, 6.07) is 46.9. The number of hydrogen-bond acceptors (Lipinski definition) is 3. The van der Waals surface area contributed by atoms with E-state index in [1.54, 1.807) is 0 Å². The maximum Gasteiger partial charge on any atom is 0.155 e. The Morgan fingerprint density at radius 2 is 1.26 bits per heavy atom. The van der Waals surface area contributed by atoms with Crippen molar-refractivity contribution in [2.45, 2.75) is 61.4 Å². The quantitative estimate of drug-likeness (QED) is 0.124. The van der Waals surface area contributed by atoms with Crippen LogP contribution in [-0.2, 0) is 0 Å². The number of amidine groups is 1. The Morgan fingerprint density at radius 3 is 2.00 bits per heavy atom. The zero-order valence-corrected chi connectivity index (χ0v) is 33.5. The Hall–Kier alpha value is -5.58. The first-order chi connectivity index (χ1) is 26.3. The predicted octanol–water partition coefficient (Wildman–Crippen LogP) is 15.4. The summed E-state index contributed by atoms with van der Waals surface area (Å²) in [5.41, 5.74) is 9.27. The summed E-state index contributed by atoms with van der Waals surface area (Å²) in [6.45, 7) is 16.7. The topological polar surface area (TPSA) is 37.9 Å². The molecule has 4 heteroatoms. The molecule has 8 rings (SSSR count). The van der Waals surface area contributed by atoms with Crippen molar-refractivity contribution in [1.29, 1.82) is 0 Å². The monoisotopic (exact) mass is 726 g/mol. The normalized spacial score (nSPS) is 12.7. The van der Waals surface area contributed by atoms with Crippen LogP contribution in [0.5, 0.6) is 0 Å². The molecule has 0 amide bonds. The lowest BCUT2D eigenvalue weighted by atomic mass is 10.0. The van der Waals surface area contributed by atoms with Crippen molar-refractivity contribution in [3.05, 3.63) is 162 Å². The molecule has 0 saturated heterocycles. The number of hydrogen-bond donors (Lipinski definition) is 0. The van der Waals surface area contributed by atoms with Crippen LogP contribution >= 0.6 is 11.3 Å². The van der Waals surface area contributed by atoms with Gasteiger partial charge in [-0.05, 0) is 90.9 Å². The minimum absolute atomic E-state index is 0.110. The van der Waals surface area contributed by atoms with E-state index >= 15 is 0 Å². The fourth-order valence-corrected chi connectivity index (χ4v) is 7.57. The average Bonchev–Trinajstić information content (AvgIpc) is 3.76. The third-order valence-electron chi connectivity index (χ3n) is 9.00. The van der Waals surface area contributed by atoms with Gasteiger partial charge in [0, 0.05) is 42.2 Å². The van der Waals surface area contributed by atoms with Gasteiger partial charge < -0.3 is 4.42 Å². The van der Waals surface area contributed by atoms with E-state index < -0.39 is 0 Å². The molecule has 8 aromatic rings. The van der Waals surface area contributed by atoms with Gasteiger partial charge in [0.15, 0.2) is 5.84 Å². The third kappa shape index (κ3) is 8.62. The van der Waals surface area contributed by atoms with Crippen molar-refractivity contribution in [1.82, 2.24) is 0 Å². The molecule has 1 atom stereocenters. The van der Waals surface area contributed by atoms with Gasteiger partial charge in [-0.25, -0.2) is 4.99 Å². The zero-order valence-electron chi connectivity index (χ0n) is 32.7. The maximum atomic E-state index is 6.36. The largest absolute Gasteiger partial charge is 0.456 e. The van der Waals surface area contributed by atoms with Crippen molar-refractivity contribution < 1.29 is 4.42 Å². The molecule has 0 aliphatic heterocycles. The van der Waals surface area contributed by atoms with E-state index in [2.05, 4.69) is 168 Å². The van der Waals surface area contributed by atoms with Gasteiger partial charge in [0.2, 0.25) is 0 Å². The van der Waals surface area contributed by atoms with Gasteiger partial charge in [0.05, 0.1) is 6.04 Å². The molecule has 0 aliphatic carbocycles. The summed E-state index contributed by atoms with van der Waals surface area (Å²) < 4.78 is 8.94. The molecule has 3 nitrogen and oxygen atoms in total. The highest BCUT2D eigenvalue weighted by molar-refractivity contribution is 7.25. The van der Waals surface area contributed by atoms with Crippen molar-refractivity contribution in [3.63, 3.8) is 0 Å². The highest BCUT2D eigenvalue weighted by atomic mass is 32.1. The third-order valence-corrected chi connectivity index (χ3v) is 10.1. The second-order valence-corrected chi connectivity index (χ2v) is 15.0. The summed E-state index contributed by atoms with van der Waals surface area (Å²) in [4.78, 5) is 10.5. The number of fused-ring (bicyclic) bond motifs is 6. The van der Waals surface area contributed by atoms with Gasteiger partial charge >= 0.3 is 0 Å². The van der Waals surface area contributed by atoms with E-state index in [0.29, 0.717) is 5.84 Å². The predicted molar refractivity (Wildman–Crippen MR) is 239 cm³/mol. The molecule has 0 N–H and O–H groups in total. The van der Waals surface area contributed by atoms with E-state index in [-0.39, 0.29) is 6.04 Å². The molecular formula is C50H50N2OS. The van der Waals surface area contributed by atoms with Crippen molar-refractivity contribution in [2.24, 2.45) is 15.9 Å². The number of nitrogens with zero attached hydrogens (tertiary/aromatic N) is 2. The molecule has 54 heavy (non-hydrogen) atoms. The van der Waals surface area contributed by atoms with Crippen molar-refractivity contribution >= 4 is 71.1 Å². The van der Waals surface area contributed by atoms with Crippen LogP contribution in [0.2, 0.25) is 0 Å². The Bertz CT molecular complexity index is 2580. The molecule has 0 bridgehead atoms. The fourth-order valence-electron chi connectivity index (χ4n) is 6.42. The van der Waals surface area contributed by atoms with Crippen molar-refractivity contribution in [2.75, 3.05) is 0 Å². The molecule has 2 aromatic heterocycles. The van der Waals surface area contributed by atoms with Gasteiger partial charge in [-0.3, -0.25) is 4.99 Å². The fraction of sp³-hybridized carbons (Fsp3) is 0.200. The standard InChI is InChI=1S/C44H34N2OS.C4H10.C2H6/c1-4-10-30-15-24-40-39(25-30)36-22-21-35(26-41(36)47-40)44(45-28(2)31-16-18-33(19-17-31)32-11-6-5-7-12-32)46-29(3)34-20-23-38-37-13-8-9-14-42(37)48-43(38)27-34;1-4(2)3;1-2/h4-27,29H,1-3H3;4H,1-3H3;1-2H3/b10-4+,45-28?,46-44?;;. The van der Waals surface area contributed by atoms with Crippen LogP contribution in [0, 0.1) is 5.92 Å². The number of furan rings is 1. The van der Waals surface area contributed by atoms with Gasteiger partial charge in [-0.15, -0.1) is 11.3 Å². The summed E-state index contributed by atoms with van der Waals surface area (Å²) in [6.07, 6.45) is 4.17. The van der Waals surface area contributed by atoms with E-state index in [1.807, 2.05) is 44.2 Å². The van der Waals surface area contributed by atoms with Crippen LogP contribution in [0.25, 0.3) is 59.3 Å². The maximum absolute atomic E-state index is 6.36. The first kappa shape index (κ1) is 38.2. The molecule has 0 saturated carbocycles. The van der Waals surface area contributed by atoms with Crippen molar-refractivity contribution in [3.8, 4) is 11.1 Å². The number of rotatable bonds is 6. The Kier molecular flexibility index (Phi) is 12.4. The summed E-state index contributed by atoms with van der Waals surface area (Å²) in [5.74, 6) is 1.51. The van der Waals surface area contributed by atoms with Gasteiger partial charge in [0.25, 0.3) is 0 Å². The van der Waals surface area contributed by atoms with Gasteiger partial charge in [0.1, 0.15) is 11.2 Å². The molecular weight excluding hydrogens is 677 g/mol. The van der Waals surface area contributed by atoms with Crippen LogP contribution < -0.4 is 0 Å². The molecule has 1 unspecified atom stereocenters. The molecule has 6 aromatic carbocycles. The zero-order chi connectivity index (χ0) is 38.2. The second-order valence-electron chi connectivity index (χ2n) is 13.9. The number of benzene rings is 6. The Labute approximate surface area is 324 Å². The van der Waals surface area contributed by atoms with Crippen LogP contribution in [0.4, 0.5) is 0 Å². The van der Waals surface area contributed by atoms with Gasteiger partial charge in [-0.1, -0.05) is 144 Å². The van der Waals surface area contributed by atoms with Crippen LogP contribution in [0.1, 0.15) is 83.7 Å². The number of aliphatic imine (C=N–C) groups is 2. The minimum Gasteiger partial charge on any atom is -0.456 e. The smallest absolute Gasteiger partial charge is 0.155 e. The Balaban J connectivity index is 0.000000779. The van der Waals surface area contributed by atoms with Crippen LogP contribution in [-0.4, -0.2) is 11.5 Å². The lowest BCUT2D eigenvalue weighted by Gasteiger charge is -2.11. The average molecular weight is 727 g/mol. The second kappa shape index (κ2) is 17.5. The first-order valence-electron chi connectivity index (χ1n) is 19.1. The summed E-state index contributed by atoms with van der Waals surface area (Å²) >= 11 is 1.83. The van der Waals surface area contributed by atoms with Gasteiger partial charge in [-0.2, -0.15) is 0 Å². The molecule has 272 valence electrons. The lowest BCUT2D eigenvalue weighted by molar-refractivity contribution is 0.669. The highest BCUT2D eigenvalue weighted by Crippen LogP contribution is 2.36. The molecule has 0 radical (unpaired) electrons. The van der Waals surface area contributed by atoms with Crippen LogP contribution in [0.15, 0.2) is 154 Å². The van der Waals surface area contributed by atoms with E-state index in [0.717, 1.165) is 55.8 Å². The van der Waals surface area contributed by atoms with E-state index in [1.165, 1.54) is 31.3 Å². The summed E-state index contributed by atoms with van der Waals surface area (Å²) in [5, 5.41) is 4.78. The Morgan fingerprint density at radius 1 is 0.611 bits per heavy atom. The van der Waals surface area contributed by atoms with Crippen LogP contribution in [0.3, 0.4) is 0 Å². The molecule has 0 fully saturated rings. The SMILES string of the molecule is C/C=C/c1ccc2oc3cc(C(N=C(C)c4ccc(-c5ccccc5)cc4)=NC(C)c4ccc5c(c4)sc4ccccc45)ccc3c2c1.CC.CC(C)C. The first-order valence-corrected chi connectivity index (χ1v) is 19.9. The molecule has 2 heterocycles. The number of allylic oxidation sites excluding steroid dienone is 1.